The maximum absolute atomic E-state index is 3.57. The standard InChI is InChI=1S/C13H14N2S/c1-9-3-2-4-10(7-9)12-8-14-13-11(15-12)5-6-16-13/h2-7,12,14-15H,8H2,1H3. The smallest absolute Gasteiger partial charge is 0.112 e. The van der Waals surface area contributed by atoms with E-state index in [-0.39, 0.29) is 0 Å². The van der Waals surface area contributed by atoms with Crippen LogP contribution in [0.1, 0.15) is 17.2 Å². The molecule has 1 aliphatic heterocycles. The molecular formula is C13H14N2S. The van der Waals surface area contributed by atoms with Gasteiger partial charge in [-0.15, -0.1) is 11.3 Å². The van der Waals surface area contributed by atoms with Gasteiger partial charge < -0.3 is 10.6 Å². The van der Waals surface area contributed by atoms with Gasteiger partial charge in [-0.3, -0.25) is 0 Å². The summed E-state index contributed by atoms with van der Waals surface area (Å²) < 4.78 is 0. The van der Waals surface area contributed by atoms with Gasteiger partial charge in [0.1, 0.15) is 5.00 Å². The first-order chi connectivity index (χ1) is 7.83. The molecule has 3 heteroatoms. The number of aryl methyl sites for hydroxylation is 1. The van der Waals surface area contributed by atoms with E-state index in [1.807, 2.05) is 0 Å². The molecule has 82 valence electrons. The van der Waals surface area contributed by atoms with Crippen molar-refractivity contribution >= 4 is 22.0 Å². The van der Waals surface area contributed by atoms with Crippen LogP contribution in [-0.4, -0.2) is 6.54 Å². The van der Waals surface area contributed by atoms with E-state index >= 15 is 0 Å². The third-order valence-corrected chi connectivity index (χ3v) is 3.78. The van der Waals surface area contributed by atoms with Crippen molar-refractivity contribution in [2.45, 2.75) is 13.0 Å². The molecule has 0 saturated heterocycles. The molecule has 2 heterocycles. The topological polar surface area (TPSA) is 24.1 Å². The first-order valence-corrected chi connectivity index (χ1v) is 6.35. The molecule has 0 bridgehead atoms. The van der Waals surface area contributed by atoms with Crippen molar-refractivity contribution < 1.29 is 0 Å². The summed E-state index contributed by atoms with van der Waals surface area (Å²) in [6, 6.07) is 11.2. The predicted molar refractivity (Wildman–Crippen MR) is 70.4 cm³/mol. The number of nitrogens with one attached hydrogen (secondary N) is 2. The zero-order chi connectivity index (χ0) is 11.0. The van der Waals surface area contributed by atoms with Gasteiger partial charge in [-0.05, 0) is 23.9 Å². The first-order valence-electron chi connectivity index (χ1n) is 5.47. The second-order valence-electron chi connectivity index (χ2n) is 4.16. The van der Waals surface area contributed by atoms with E-state index in [9.17, 15) is 0 Å². The maximum Gasteiger partial charge on any atom is 0.112 e. The molecule has 0 spiro atoms. The Balaban J connectivity index is 1.88. The molecule has 16 heavy (non-hydrogen) atoms. The van der Waals surface area contributed by atoms with Crippen LogP contribution in [0.25, 0.3) is 0 Å². The summed E-state index contributed by atoms with van der Waals surface area (Å²) in [6.45, 7) is 3.09. The molecule has 1 unspecified atom stereocenters. The Bertz CT molecular complexity index is 504. The highest BCUT2D eigenvalue weighted by Crippen LogP contribution is 2.35. The van der Waals surface area contributed by atoms with E-state index in [4.69, 9.17) is 0 Å². The number of hydrogen-bond donors (Lipinski definition) is 2. The van der Waals surface area contributed by atoms with Gasteiger partial charge in [0, 0.05) is 6.54 Å². The van der Waals surface area contributed by atoms with Gasteiger partial charge >= 0.3 is 0 Å². The maximum atomic E-state index is 3.57. The number of anilines is 2. The minimum absolute atomic E-state index is 0.377. The van der Waals surface area contributed by atoms with Crippen LogP contribution in [0.2, 0.25) is 0 Å². The quantitative estimate of drug-likeness (QED) is 0.781. The summed E-state index contributed by atoms with van der Waals surface area (Å²) in [4.78, 5) is 0. The Kier molecular flexibility index (Phi) is 2.33. The molecule has 0 amide bonds. The summed E-state index contributed by atoms with van der Waals surface area (Å²) in [5.74, 6) is 0. The van der Waals surface area contributed by atoms with Crippen LogP contribution in [0.5, 0.6) is 0 Å². The van der Waals surface area contributed by atoms with Gasteiger partial charge in [0.25, 0.3) is 0 Å². The van der Waals surface area contributed by atoms with Crippen molar-refractivity contribution in [3.05, 3.63) is 46.8 Å². The second kappa shape index (κ2) is 3.83. The number of benzene rings is 1. The zero-order valence-corrected chi connectivity index (χ0v) is 9.97. The van der Waals surface area contributed by atoms with E-state index in [1.165, 1.54) is 21.8 Å². The van der Waals surface area contributed by atoms with E-state index in [0.717, 1.165) is 6.54 Å². The normalized spacial score (nSPS) is 18.4. The molecule has 1 atom stereocenters. The lowest BCUT2D eigenvalue weighted by atomic mass is 10.0. The molecule has 2 N–H and O–H groups in total. The molecule has 1 aromatic heterocycles. The third kappa shape index (κ3) is 1.67. The Morgan fingerprint density at radius 1 is 1.31 bits per heavy atom. The molecule has 0 aliphatic carbocycles. The lowest BCUT2D eigenvalue weighted by Gasteiger charge is -2.26. The monoisotopic (exact) mass is 230 g/mol. The van der Waals surface area contributed by atoms with Crippen LogP contribution in [-0.2, 0) is 0 Å². The van der Waals surface area contributed by atoms with Crippen molar-refractivity contribution in [1.82, 2.24) is 0 Å². The molecule has 1 aliphatic rings. The minimum Gasteiger partial charge on any atom is -0.374 e. The fourth-order valence-electron chi connectivity index (χ4n) is 2.08. The summed E-state index contributed by atoms with van der Waals surface area (Å²) >= 11 is 1.75. The van der Waals surface area contributed by atoms with Crippen LogP contribution < -0.4 is 10.6 Å². The average Bonchev–Trinajstić information content (AvgIpc) is 2.75. The van der Waals surface area contributed by atoms with E-state index in [0.29, 0.717) is 6.04 Å². The van der Waals surface area contributed by atoms with Gasteiger partial charge in [0.15, 0.2) is 0 Å². The number of hydrogen-bond acceptors (Lipinski definition) is 3. The van der Waals surface area contributed by atoms with Crippen molar-refractivity contribution in [2.24, 2.45) is 0 Å². The molecule has 0 fully saturated rings. The van der Waals surface area contributed by atoms with Gasteiger partial charge in [0.2, 0.25) is 0 Å². The Morgan fingerprint density at radius 2 is 2.25 bits per heavy atom. The summed E-state index contributed by atoms with van der Waals surface area (Å²) in [5.41, 5.74) is 3.89. The third-order valence-electron chi connectivity index (χ3n) is 2.91. The highest BCUT2D eigenvalue weighted by molar-refractivity contribution is 7.14. The molecule has 3 rings (SSSR count). The molecule has 0 radical (unpaired) electrons. The van der Waals surface area contributed by atoms with Crippen LogP contribution in [0.15, 0.2) is 35.7 Å². The van der Waals surface area contributed by atoms with Crippen LogP contribution in [0.4, 0.5) is 10.7 Å². The molecule has 2 aromatic rings. The molecule has 1 aromatic carbocycles. The van der Waals surface area contributed by atoms with E-state index in [1.54, 1.807) is 11.3 Å². The largest absolute Gasteiger partial charge is 0.374 e. The average molecular weight is 230 g/mol. The Hall–Kier alpha value is -1.48. The highest BCUT2D eigenvalue weighted by atomic mass is 32.1. The fourth-order valence-corrected chi connectivity index (χ4v) is 2.84. The van der Waals surface area contributed by atoms with Crippen LogP contribution in [0.3, 0.4) is 0 Å². The summed E-state index contributed by atoms with van der Waals surface area (Å²) in [7, 11) is 0. The SMILES string of the molecule is Cc1cccc(C2CNc3sccc3N2)c1. The first kappa shape index (κ1) is 9.73. The molecular weight excluding hydrogens is 216 g/mol. The number of thiophene rings is 1. The van der Waals surface area contributed by atoms with Crippen molar-refractivity contribution in [2.75, 3.05) is 17.2 Å². The second-order valence-corrected chi connectivity index (χ2v) is 5.07. The lowest BCUT2D eigenvalue weighted by molar-refractivity contribution is 0.807. The van der Waals surface area contributed by atoms with Gasteiger partial charge in [-0.2, -0.15) is 0 Å². The highest BCUT2D eigenvalue weighted by Gasteiger charge is 2.19. The van der Waals surface area contributed by atoms with Crippen LogP contribution >= 0.6 is 11.3 Å². The van der Waals surface area contributed by atoms with Gasteiger partial charge in [-0.25, -0.2) is 0 Å². The minimum atomic E-state index is 0.377. The molecule has 2 nitrogen and oxygen atoms in total. The summed E-state index contributed by atoms with van der Waals surface area (Å²) in [6.07, 6.45) is 0. The van der Waals surface area contributed by atoms with Crippen LogP contribution in [0, 0.1) is 6.92 Å². The zero-order valence-electron chi connectivity index (χ0n) is 9.16. The summed E-state index contributed by atoms with van der Waals surface area (Å²) in [5, 5.41) is 10.4. The van der Waals surface area contributed by atoms with Crippen molar-refractivity contribution in [3.8, 4) is 0 Å². The van der Waals surface area contributed by atoms with Crippen molar-refractivity contribution in [3.63, 3.8) is 0 Å². The Labute approximate surface area is 99.3 Å². The Morgan fingerprint density at radius 3 is 3.12 bits per heavy atom. The van der Waals surface area contributed by atoms with E-state index in [2.05, 4.69) is 53.3 Å². The lowest BCUT2D eigenvalue weighted by Crippen LogP contribution is -2.24. The molecule has 0 saturated carbocycles. The predicted octanol–water partition coefficient (Wildman–Crippen LogP) is 3.64. The van der Waals surface area contributed by atoms with Gasteiger partial charge in [-0.1, -0.05) is 29.8 Å². The van der Waals surface area contributed by atoms with E-state index < -0.39 is 0 Å². The van der Waals surface area contributed by atoms with Crippen molar-refractivity contribution in [1.29, 1.82) is 0 Å². The van der Waals surface area contributed by atoms with Gasteiger partial charge in [0.05, 0.1) is 11.7 Å². The fraction of sp³-hybridized carbons (Fsp3) is 0.231. The number of fused-ring (bicyclic) bond motifs is 1. The number of rotatable bonds is 1.